The molecule has 1 aliphatic heterocycles. The summed E-state index contributed by atoms with van der Waals surface area (Å²) in [5, 5.41) is 6.52. The van der Waals surface area contributed by atoms with E-state index >= 15 is 0 Å². The molecule has 1 N–H and O–H groups in total. The molecule has 0 amide bonds. The Morgan fingerprint density at radius 2 is 2.02 bits per heavy atom. The fourth-order valence-corrected chi connectivity index (χ4v) is 6.21. The number of aromatic nitrogens is 5. The fourth-order valence-electron chi connectivity index (χ4n) is 4.71. The van der Waals surface area contributed by atoms with Crippen LogP contribution in [0.5, 0.6) is 0 Å². The number of imidazole rings is 1. The quantitative estimate of drug-likeness (QED) is 0.252. The lowest BCUT2D eigenvalue weighted by Gasteiger charge is -2.26. The Bertz CT molecular complexity index is 1510. The number of hydrogen-bond acceptors (Lipinski definition) is 10. The van der Waals surface area contributed by atoms with E-state index in [1.807, 2.05) is 13.0 Å². The highest BCUT2D eigenvalue weighted by atomic mass is 32.2. The SMILES string of the molecule is C=NN(/C=C(\C)c1nccc(Nc2cc3c(cn2)nc(C(C)OC2CCCCO2)n3C(C)C)n1)S(=O)(=O)C1CC1. The third-order valence-electron chi connectivity index (χ3n) is 6.89. The van der Waals surface area contributed by atoms with E-state index in [1.165, 1.54) is 6.20 Å². The predicted molar refractivity (Wildman–Crippen MR) is 153 cm³/mol. The normalized spacial score (nSPS) is 19.1. The number of sulfonamides is 1. The summed E-state index contributed by atoms with van der Waals surface area (Å²) >= 11 is 0. The molecule has 13 heteroatoms. The van der Waals surface area contributed by atoms with Crippen molar-refractivity contribution in [2.45, 2.75) is 83.5 Å². The summed E-state index contributed by atoms with van der Waals surface area (Å²) in [7, 11) is -3.56. The number of pyridine rings is 1. The molecule has 2 fully saturated rings. The lowest BCUT2D eigenvalue weighted by atomic mass is 10.2. The molecule has 4 heterocycles. The average Bonchev–Trinajstić information content (AvgIpc) is 3.73. The van der Waals surface area contributed by atoms with Crippen LogP contribution in [0.2, 0.25) is 0 Å². The van der Waals surface area contributed by atoms with Gasteiger partial charge in [0.05, 0.1) is 17.0 Å². The highest BCUT2D eigenvalue weighted by Gasteiger charge is 2.39. The number of fused-ring (bicyclic) bond motifs is 1. The van der Waals surface area contributed by atoms with Crippen molar-refractivity contribution >= 4 is 45.0 Å². The molecule has 2 aliphatic rings. The number of allylic oxidation sites excluding steroid dienone is 1. The Kier molecular flexibility index (Phi) is 8.15. The molecule has 1 saturated carbocycles. The van der Waals surface area contributed by atoms with Gasteiger partial charge in [-0.05, 0) is 65.9 Å². The molecule has 3 aromatic heterocycles. The fraction of sp³-hybridized carbons (Fsp3) is 0.519. The van der Waals surface area contributed by atoms with Crippen LogP contribution in [0.3, 0.4) is 0 Å². The van der Waals surface area contributed by atoms with Gasteiger partial charge in [-0.15, -0.1) is 0 Å². The number of nitrogens with zero attached hydrogens (tertiary/aromatic N) is 7. The van der Waals surface area contributed by atoms with Crippen LogP contribution in [0.1, 0.15) is 83.6 Å². The zero-order chi connectivity index (χ0) is 28.4. The van der Waals surface area contributed by atoms with Crippen LogP contribution < -0.4 is 5.32 Å². The molecule has 1 saturated heterocycles. The van der Waals surface area contributed by atoms with Gasteiger partial charge in [-0.1, -0.05) is 0 Å². The molecule has 2 atom stereocenters. The zero-order valence-electron chi connectivity index (χ0n) is 23.3. The highest BCUT2D eigenvalue weighted by Crippen LogP contribution is 2.32. The van der Waals surface area contributed by atoms with Gasteiger partial charge in [0.2, 0.25) is 0 Å². The molecule has 214 valence electrons. The van der Waals surface area contributed by atoms with Gasteiger partial charge in [0.15, 0.2) is 12.1 Å². The Morgan fingerprint density at radius 1 is 1.23 bits per heavy atom. The van der Waals surface area contributed by atoms with Crippen molar-refractivity contribution in [1.82, 2.24) is 28.9 Å². The van der Waals surface area contributed by atoms with Gasteiger partial charge in [0.25, 0.3) is 10.0 Å². The number of rotatable bonds is 11. The first kappa shape index (κ1) is 28.1. The largest absolute Gasteiger partial charge is 0.353 e. The molecule has 5 rings (SSSR count). The minimum Gasteiger partial charge on any atom is -0.353 e. The number of nitrogens with one attached hydrogen (secondary N) is 1. The summed E-state index contributed by atoms with van der Waals surface area (Å²) in [6, 6.07) is 3.80. The monoisotopic (exact) mass is 568 g/mol. The third kappa shape index (κ3) is 6.01. The molecule has 1 aliphatic carbocycles. The number of hydrogen-bond donors (Lipinski definition) is 1. The second kappa shape index (κ2) is 11.6. The Hall–Kier alpha value is -3.42. The van der Waals surface area contributed by atoms with Gasteiger partial charge >= 0.3 is 0 Å². The molecule has 2 unspecified atom stereocenters. The maximum atomic E-state index is 12.6. The minimum absolute atomic E-state index is 0.139. The Balaban J connectivity index is 1.38. The predicted octanol–water partition coefficient (Wildman–Crippen LogP) is 4.92. The van der Waals surface area contributed by atoms with E-state index < -0.39 is 15.3 Å². The molecule has 12 nitrogen and oxygen atoms in total. The Morgan fingerprint density at radius 3 is 2.70 bits per heavy atom. The van der Waals surface area contributed by atoms with Gasteiger partial charge < -0.3 is 19.4 Å². The van der Waals surface area contributed by atoms with Crippen molar-refractivity contribution in [1.29, 1.82) is 0 Å². The van der Waals surface area contributed by atoms with Gasteiger partial charge in [-0.25, -0.2) is 28.4 Å². The number of ether oxygens (including phenoxy) is 2. The topological polar surface area (TPSA) is 137 Å². The summed E-state index contributed by atoms with van der Waals surface area (Å²) in [5.41, 5.74) is 2.22. The second-order valence-electron chi connectivity index (χ2n) is 10.4. The van der Waals surface area contributed by atoms with Crippen molar-refractivity contribution in [2.24, 2.45) is 5.10 Å². The molecule has 0 spiro atoms. The van der Waals surface area contributed by atoms with Crippen molar-refractivity contribution in [2.75, 3.05) is 11.9 Å². The highest BCUT2D eigenvalue weighted by molar-refractivity contribution is 7.90. The maximum absolute atomic E-state index is 12.6. The van der Waals surface area contributed by atoms with E-state index in [0.717, 1.165) is 47.1 Å². The standard InChI is InChI=1S/C27H36N8O4S/c1-17(2)35-22-14-24(30-15-21(22)31-27(35)19(4)39-25-8-6-7-13-38-25)32-23-11-12-29-26(33-23)18(3)16-34(28-5)40(36,37)20-9-10-20/h11-12,14-17,19-20,25H,5-10,13H2,1-4H3,(H,29,30,32,33)/b18-16+. The van der Waals surface area contributed by atoms with Crippen LogP contribution in [0, 0.1) is 0 Å². The summed E-state index contributed by atoms with van der Waals surface area (Å²) in [4.78, 5) is 18.3. The van der Waals surface area contributed by atoms with Gasteiger partial charge in [-0.3, -0.25) is 0 Å². The molecule has 0 radical (unpaired) electrons. The maximum Gasteiger partial charge on any atom is 0.256 e. The van der Waals surface area contributed by atoms with Crippen LogP contribution in [-0.4, -0.2) is 62.2 Å². The molecule has 3 aromatic rings. The van der Waals surface area contributed by atoms with Crippen molar-refractivity contribution in [3.05, 3.63) is 42.4 Å². The zero-order valence-corrected chi connectivity index (χ0v) is 24.1. The van der Waals surface area contributed by atoms with E-state index in [2.05, 4.69) is 50.5 Å². The van der Waals surface area contributed by atoms with Crippen LogP contribution in [-0.2, 0) is 19.5 Å². The smallest absolute Gasteiger partial charge is 0.256 e. The first-order valence-electron chi connectivity index (χ1n) is 13.6. The first-order chi connectivity index (χ1) is 19.2. The summed E-state index contributed by atoms with van der Waals surface area (Å²) < 4.78 is 40.2. The lowest BCUT2D eigenvalue weighted by Crippen LogP contribution is -2.25. The van der Waals surface area contributed by atoms with E-state index in [4.69, 9.17) is 14.5 Å². The van der Waals surface area contributed by atoms with Crippen LogP contribution >= 0.6 is 0 Å². The first-order valence-corrected chi connectivity index (χ1v) is 15.1. The summed E-state index contributed by atoms with van der Waals surface area (Å²) in [6.07, 6.45) is 8.58. The summed E-state index contributed by atoms with van der Waals surface area (Å²) in [5.74, 6) is 2.28. The van der Waals surface area contributed by atoms with Crippen molar-refractivity contribution in [3.63, 3.8) is 0 Å². The number of hydrazone groups is 1. The van der Waals surface area contributed by atoms with Gasteiger partial charge in [-0.2, -0.15) is 9.52 Å². The third-order valence-corrected chi connectivity index (χ3v) is 8.95. The van der Waals surface area contributed by atoms with Gasteiger partial charge in [0, 0.05) is 43.4 Å². The lowest BCUT2D eigenvalue weighted by molar-refractivity contribution is -0.188. The van der Waals surface area contributed by atoms with Crippen LogP contribution in [0.25, 0.3) is 16.6 Å². The molecule has 0 bridgehead atoms. The van der Waals surface area contributed by atoms with Crippen LogP contribution in [0.4, 0.5) is 11.6 Å². The van der Waals surface area contributed by atoms with E-state index in [1.54, 1.807) is 25.4 Å². The Labute approximate surface area is 234 Å². The minimum atomic E-state index is -3.56. The van der Waals surface area contributed by atoms with Crippen LogP contribution in [0.15, 0.2) is 35.8 Å². The summed E-state index contributed by atoms with van der Waals surface area (Å²) in [6.45, 7) is 12.1. The van der Waals surface area contributed by atoms with E-state index in [9.17, 15) is 8.42 Å². The molecular weight excluding hydrogens is 532 g/mol. The van der Waals surface area contributed by atoms with E-state index in [-0.39, 0.29) is 18.4 Å². The average molecular weight is 569 g/mol. The second-order valence-corrected chi connectivity index (χ2v) is 12.5. The van der Waals surface area contributed by atoms with Crippen molar-refractivity contribution < 1.29 is 17.9 Å². The molecular formula is C27H36N8O4S. The van der Waals surface area contributed by atoms with Gasteiger partial charge in [0.1, 0.15) is 29.1 Å². The molecule has 40 heavy (non-hydrogen) atoms. The number of anilines is 2. The van der Waals surface area contributed by atoms with E-state index in [0.29, 0.717) is 35.9 Å². The molecule has 0 aromatic carbocycles. The van der Waals surface area contributed by atoms with Crippen molar-refractivity contribution in [3.8, 4) is 0 Å².